The molecule has 2 atom stereocenters. The largest absolute Gasteiger partial charge is 0.486 e. The van der Waals surface area contributed by atoms with E-state index in [1.807, 2.05) is 54.3 Å². The zero-order valence-electron chi connectivity index (χ0n) is 14.2. The molecule has 0 radical (unpaired) electrons. The minimum atomic E-state index is -0.120. The molecule has 2 heterocycles. The Morgan fingerprint density at radius 2 is 1.80 bits per heavy atom. The monoisotopic (exact) mass is 339 g/mol. The molecule has 1 saturated heterocycles. The summed E-state index contributed by atoms with van der Waals surface area (Å²) in [5.74, 6) is 1.14. The SMILES string of the molecule is C[C@@H]1CN(C(=O)c2cccc3c2OCCO3)C[C@H](c2ccccc2)O1. The molecule has 1 amide bonds. The van der Waals surface area contributed by atoms with Crippen molar-refractivity contribution >= 4 is 5.91 Å². The van der Waals surface area contributed by atoms with Gasteiger partial charge in [0.05, 0.1) is 18.2 Å². The molecule has 0 spiro atoms. The lowest BCUT2D eigenvalue weighted by molar-refractivity contribution is -0.0692. The molecule has 2 aliphatic rings. The van der Waals surface area contributed by atoms with E-state index in [9.17, 15) is 4.79 Å². The summed E-state index contributed by atoms with van der Waals surface area (Å²) in [5.41, 5.74) is 1.64. The maximum Gasteiger partial charge on any atom is 0.257 e. The van der Waals surface area contributed by atoms with Gasteiger partial charge in [-0.2, -0.15) is 0 Å². The van der Waals surface area contributed by atoms with Crippen molar-refractivity contribution in [2.45, 2.75) is 19.1 Å². The molecule has 0 N–H and O–H groups in total. The average molecular weight is 339 g/mol. The first-order valence-corrected chi connectivity index (χ1v) is 8.60. The minimum absolute atomic E-state index is 0.0281. The molecular weight excluding hydrogens is 318 g/mol. The average Bonchev–Trinajstić information content (AvgIpc) is 2.67. The van der Waals surface area contributed by atoms with E-state index in [0.29, 0.717) is 43.4 Å². The molecule has 0 bridgehead atoms. The van der Waals surface area contributed by atoms with E-state index in [0.717, 1.165) is 5.56 Å². The van der Waals surface area contributed by atoms with Crippen molar-refractivity contribution < 1.29 is 19.0 Å². The lowest BCUT2D eigenvalue weighted by Gasteiger charge is -2.37. The van der Waals surface area contributed by atoms with Crippen LogP contribution in [0.4, 0.5) is 0 Å². The highest BCUT2D eigenvalue weighted by atomic mass is 16.6. The highest BCUT2D eigenvalue weighted by Gasteiger charge is 2.32. The summed E-state index contributed by atoms with van der Waals surface area (Å²) in [6.07, 6.45) is -0.148. The van der Waals surface area contributed by atoms with Gasteiger partial charge in [0.25, 0.3) is 5.91 Å². The molecule has 5 nitrogen and oxygen atoms in total. The van der Waals surface area contributed by atoms with Crippen molar-refractivity contribution in [2.75, 3.05) is 26.3 Å². The third-order valence-electron chi connectivity index (χ3n) is 4.52. The quantitative estimate of drug-likeness (QED) is 0.844. The summed E-state index contributed by atoms with van der Waals surface area (Å²) in [6, 6.07) is 15.5. The molecule has 5 heteroatoms. The Morgan fingerprint density at radius 1 is 1.00 bits per heavy atom. The Hall–Kier alpha value is -2.53. The third kappa shape index (κ3) is 3.20. The Labute approximate surface area is 147 Å². The van der Waals surface area contributed by atoms with E-state index in [4.69, 9.17) is 14.2 Å². The molecule has 4 rings (SSSR count). The molecule has 2 aromatic rings. The van der Waals surface area contributed by atoms with Crippen LogP contribution in [0.3, 0.4) is 0 Å². The predicted molar refractivity (Wildman–Crippen MR) is 93.1 cm³/mol. The van der Waals surface area contributed by atoms with Crippen molar-refractivity contribution in [3.63, 3.8) is 0 Å². The second-order valence-electron chi connectivity index (χ2n) is 6.39. The van der Waals surface area contributed by atoms with E-state index in [1.165, 1.54) is 0 Å². The van der Waals surface area contributed by atoms with Crippen LogP contribution in [0.5, 0.6) is 11.5 Å². The number of hydrogen-bond acceptors (Lipinski definition) is 4. The van der Waals surface area contributed by atoms with Crippen LogP contribution in [0.15, 0.2) is 48.5 Å². The van der Waals surface area contributed by atoms with Crippen molar-refractivity contribution in [3.05, 3.63) is 59.7 Å². The topological polar surface area (TPSA) is 48.0 Å². The second-order valence-corrected chi connectivity index (χ2v) is 6.39. The first-order chi connectivity index (χ1) is 12.2. The van der Waals surface area contributed by atoms with Crippen LogP contribution in [0.2, 0.25) is 0 Å². The number of para-hydroxylation sites is 1. The number of hydrogen-bond donors (Lipinski definition) is 0. The smallest absolute Gasteiger partial charge is 0.257 e. The van der Waals surface area contributed by atoms with Gasteiger partial charge >= 0.3 is 0 Å². The van der Waals surface area contributed by atoms with Crippen LogP contribution in [0, 0.1) is 0 Å². The van der Waals surface area contributed by atoms with Gasteiger partial charge < -0.3 is 19.1 Å². The van der Waals surface area contributed by atoms with E-state index >= 15 is 0 Å². The van der Waals surface area contributed by atoms with Crippen LogP contribution in [-0.2, 0) is 4.74 Å². The maximum absolute atomic E-state index is 13.1. The van der Waals surface area contributed by atoms with Crippen molar-refractivity contribution in [2.24, 2.45) is 0 Å². The van der Waals surface area contributed by atoms with Gasteiger partial charge in [0.1, 0.15) is 19.3 Å². The Morgan fingerprint density at radius 3 is 2.64 bits per heavy atom. The van der Waals surface area contributed by atoms with Crippen LogP contribution < -0.4 is 9.47 Å². The summed E-state index contributed by atoms with van der Waals surface area (Å²) in [6.45, 7) is 4.05. The van der Waals surface area contributed by atoms with E-state index in [1.54, 1.807) is 6.07 Å². The van der Waals surface area contributed by atoms with Crippen LogP contribution in [0.1, 0.15) is 28.9 Å². The van der Waals surface area contributed by atoms with E-state index in [2.05, 4.69) is 0 Å². The van der Waals surface area contributed by atoms with Gasteiger partial charge in [-0.05, 0) is 24.6 Å². The fourth-order valence-electron chi connectivity index (χ4n) is 3.38. The van der Waals surface area contributed by atoms with Gasteiger partial charge in [-0.15, -0.1) is 0 Å². The highest BCUT2D eigenvalue weighted by Crippen LogP contribution is 2.35. The number of carbonyl (C=O) groups excluding carboxylic acids is 1. The number of benzene rings is 2. The Bertz CT molecular complexity index is 762. The molecule has 2 aliphatic heterocycles. The number of morpholine rings is 1. The number of ether oxygens (including phenoxy) is 3. The first-order valence-electron chi connectivity index (χ1n) is 8.60. The fraction of sp³-hybridized carbons (Fsp3) is 0.350. The number of rotatable bonds is 2. The van der Waals surface area contributed by atoms with Crippen LogP contribution >= 0.6 is 0 Å². The molecule has 2 aromatic carbocycles. The number of amides is 1. The Kier molecular flexibility index (Phi) is 4.32. The van der Waals surface area contributed by atoms with Crippen molar-refractivity contribution in [1.29, 1.82) is 0 Å². The molecular formula is C20H21NO4. The minimum Gasteiger partial charge on any atom is -0.486 e. The summed E-state index contributed by atoms with van der Waals surface area (Å²) in [4.78, 5) is 15.0. The molecule has 25 heavy (non-hydrogen) atoms. The van der Waals surface area contributed by atoms with E-state index in [-0.39, 0.29) is 18.1 Å². The molecule has 0 unspecified atom stereocenters. The lowest BCUT2D eigenvalue weighted by atomic mass is 10.0. The van der Waals surface area contributed by atoms with Gasteiger partial charge in [-0.25, -0.2) is 0 Å². The van der Waals surface area contributed by atoms with Crippen LogP contribution in [0.25, 0.3) is 0 Å². The van der Waals surface area contributed by atoms with Crippen molar-refractivity contribution in [1.82, 2.24) is 4.90 Å². The first kappa shape index (κ1) is 16.0. The summed E-state index contributed by atoms with van der Waals surface area (Å²) in [5, 5.41) is 0. The van der Waals surface area contributed by atoms with Gasteiger partial charge in [0.15, 0.2) is 11.5 Å². The standard InChI is InChI=1S/C20H21NO4/c1-14-12-21(13-18(25-14)15-6-3-2-4-7-15)20(22)16-8-5-9-17-19(16)24-11-10-23-17/h2-9,14,18H,10-13H2,1H3/t14-,18-/m1/s1. The molecule has 0 aliphatic carbocycles. The predicted octanol–water partition coefficient (Wildman–Crippen LogP) is 3.06. The zero-order valence-corrected chi connectivity index (χ0v) is 14.2. The normalized spacial score (nSPS) is 22.5. The van der Waals surface area contributed by atoms with Crippen molar-refractivity contribution in [3.8, 4) is 11.5 Å². The van der Waals surface area contributed by atoms with Gasteiger partial charge in [-0.3, -0.25) is 4.79 Å². The number of fused-ring (bicyclic) bond motifs is 1. The summed E-state index contributed by atoms with van der Waals surface area (Å²) < 4.78 is 17.3. The maximum atomic E-state index is 13.1. The fourth-order valence-corrected chi connectivity index (χ4v) is 3.38. The number of nitrogens with zero attached hydrogens (tertiary/aromatic N) is 1. The molecule has 0 saturated carbocycles. The molecule has 1 fully saturated rings. The molecule has 0 aromatic heterocycles. The van der Waals surface area contributed by atoms with Gasteiger partial charge in [0, 0.05) is 6.54 Å². The lowest BCUT2D eigenvalue weighted by Crippen LogP contribution is -2.46. The molecule has 130 valence electrons. The van der Waals surface area contributed by atoms with Gasteiger partial charge in [0.2, 0.25) is 0 Å². The highest BCUT2D eigenvalue weighted by molar-refractivity contribution is 5.98. The van der Waals surface area contributed by atoms with Crippen LogP contribution in [-0.4, -0.2) is 43.2 Å². The summed E-state index contributed by atoms with van der Waals surface area (Å²) in [7, 11) is 0. The van der Waals surface area contributed by atoms with E-state index < -0.39 is 0 Å². The number of carbonyl (C=O) groups is 1. The Balaban J connectivity index is 1.60. The van der Waals surface area contributed by atoms with Gasteiger partial charge in [-0.1, -0.05) is 36.4 Å². The third-order valence-corrected chi connectivity index (χ3v) is 4.52. The second kappa shape index (κ2) is 6.76. The summed E-state index contributed by atoms with van der Waals surface area (Å²) >= 11 is 0. The zero-order chi connectivity index (χ0) is 17.2.